The highest BCUT2D eigenvalue weighted by atomic mass is 35.5. The van der Waals surface area contributed by atoms with Gasteiger partial charge < -0.3 is 14.7 Å². The molecule has 0 unspecified atom stereocenters. The summed E-state index contributed by atoms with van der Waals surface area (Å²) >= 11 is 12.2. The van der Waals surface area contributed by atoms with E-state index in [0.717, 1.165) is 5.56 Å². The van der Waals surface area contributed by atoms with Crippen LogP contribution in [0.4, 0.5) is 4.79 Å². The summed E-state index contributed by atoms with van der Waals surface area (Å²) in [5.41, 5.74) is -0.602. The van der Waals surface area contributed by atoms with Crippen molar-refractivity contribution < 1.29 is 19.4 Å². The number of carboxylic acid groups (broad SMARTS) is 1. The van der Waals surface area contributed by atoms with E-state index in [-0.39, 0.29) is 5.97 Å². The van der Waals surface area contributed by atoms with Crippen molar-refractivity contribution >= 4 is 35.3 Å². The molecule has 2 rings (SSSR count). The lowest BCUT2D eigenvalue weighted by Crippen LogP contribution is -2.49. The van der Waals surface area contributed by atoms with Gasteiger partial charge in [-0.3, -0.25) is 4.79 Å². The first-order chi connectivity index (χ1) is 11.5. The Hall–Kier alpha value is -1.46. The molecule has 0 radical (unpaired) electrons. The number of amides is 1. The Bertz CT molecular complexity index is 662. The Morgan fingerprint density at radius 1 is 1.24 bits per heavy atom. The van der Waals surface area contributed by atoms with Gasteiger partial charge in [-0.1, -0.05) is 29.3 Å². The third-order valence-electron chi connectivity index (χ3n) is 4.37. The molecule has 7 heteroatoms. The smallest absolute Gasteiger partial charge is 0.407 e. The van der Waals surface area contributed by atoms with E-state index in [9.17, 15) is 14.7 Å². The number of esters is 1. The van der Waals surface area contributed by atoms with E-state index in [1.165, 1.54) is 4.90 Å². The van der Waals surface area contributed by atoms with E-state index in [0.29, 0.717) is 42.4 Å². The van der Waals surface area contributed by atoms with Crippen molar-refractivity contribution in [3.8, 4) is 0 Å². The number of carbonyl (C=O) groups excluding carboxylic acids is 1. The second-order valence-electron chi connectivity index (χ2n) is 7.46. The Balaban J connectivity index is 2.29. The molecule has 1 aliphatic rings. The molecule has 0 spiro atoms. The SMILES string of the molecule is CC(C)(C)OC(=O)C1(Cc2ccc(Cl)cc2Cl)CCN(C(=O)O)CC1. The summed E-state index contributed by atoms with van der Waals surface area (Å²) < 4.78 is 5.64. The molecule has 1 amide bonds. The highest BCUT2D eigenvalue weighted by molar-refractivity contribution is 6.35. The minimum atomic E-state index is -0.970. The summed E-state index contributed by atoms with van der Waals surface area (Å²) in [7, 11) is 0. The largest absolute Gasteiger partial charge is 0.465 e. The van der Waals surface area contributed by atoms with Crippen LogP contribution in [-0.4, -0.2) is 40.8 Å². The number of likely N-dealkylation sites (tertiary alicyclic amines) is 1. The molecule has 1 aliphatic heterocycles. The zero-order valence-corrected chi connectivity index (χ0v) is 16.2. The fourth-order valence-electron chi connectivity index (χ4n) is 3.00. The minimum Gasteiger partial charge on any atom is -0.465 e. The molecule has 25 heavy (non-hydrogen) atoms. The van der Waals surface area contributed by atoms with E-state index >= 15 is 0 Å². The van der Waals surface area contributed by atoms with E-state index in [4.69, 9.17) is 27.9 Å². The van der Waals surface area contributed by atoms with E-state index < -0.39 is 17.1 Å². The highest BCUT2D eigenvalue weighted by Crippen LogP contribution is 2.39. The molecule has 1 N–H and O–H groups in total. The van der Waals surface area contributed by atoms with Gasteiger partial charge in [0.2, 0.25) is 0 Å². The maximum atomic E-state index is 12.9. The van der Waals surface area contributed by atoms with Gasteiger partial charge in [-0.05, 0) is 57.7 Å². The van der Waals surface area contributed by atoms with Crippen LogP contribution in [-0.2, 0) is 16.0 Å². The van der Waals surface area contributed by atoms with Crippen LogP contribution in [0.5, 0.6) is 0 Å². The molecule has 1 saturated heterocycles. The van der Waals surface area contributed by atoms with Gasteiger partial charge in [-0.15, -0.1) is 0 Å². The highest BCUT2D eigenvalue weighted by Gasteiger charge is 2.45. The Kier molecular flexibility index (Phi) is 5.89. The van der Waals surface area contributed by atoms with Crippen molar-refractivity contribution in [3.63, 3.8) is 0 Å². The lowest BCUT2D eigenvalue weighted by Gasteiger charge is -2.40. The molecule has 0 aliphatic carbocycles. The number of hydrogen-bond donors (Lipinski definition) is 1. The summed E-state index contributed by atoms with van der Waals surface area (Å²) in [6.07, 6.45) is 0.216. The van der Waals surface area contributed by atoms with Crippen LogP contribution in [0, 0.1) is 5.41 Å². The number of piperidine rings is 1. The first-order valence-electron chi connectivity index (χ1n) is 8.18. The first-order valence-corrected chi connectivity index (χ1v) is 8.93. The van der Waals surface area contributed by atoms with Crippen molar-refractivity contribution in [2.75, 3.05) is 13.1 Å². The molecular weight excluding hydrogens is 365 g/mol. The summed E-state index contributed by atoms with van der Waals surface area (Å²) in [6.45, 7) is 6.04. The minimum absolute atomic E-state index is 0.291. The van der Waals surface area contributed by atoms with Crippen molar-refractivity contribution in [2.45, 2.75) is 45.6 Å². The van der Waals surface area contributed by atoms with Crippen LogP contribution in [0.1, 0.15) is 39.2 Å². The predicted molar refractivity (Wildman–Crippen MR) is 97.3 cm³/mol. The predicted octanol–water partition coefficient (Wildman–Crippen LogP) is 4.64. The molecule has 1 heterocycles. The monoisotopic (exact) mass is 387 g/mol. The fourth-order valence-corrected chi connectivity index (χ4v) is 3.47. The lowest BCUT2D eigenvalue weighted by atomic mass is 9.73. The number of hydrogen-bond acceptors (Lipinski definition) is 3. The van der Waals surface area contributed by atoms with Gasteiger partial charge in [-0.25, -0.2) is 4.79 Å². The van der Waals surface area contributed by atoms with Gasteiger partial charge in [0.25, 0.3) is 0 Å². The maximum Gasteiger partial charge on any atom is 0.407 e. The molecule has 5 nitrogen and oxygen atoms in total. The summed E-state index contributed by atoms with van der Waals surface area (Å²) in [4.78, 5) is 25.5. The van der Waals surface area contributed by atoms with E-state index in [1.54, 1.807) is 18.2 Å². The van der Waals surface area contributed by atoms with Gasteiger partial charge in [0.05, 0.1) is 5.41 Å². The molecule has 0 atom stereocenters. The fraction of sp³-hybridized carbons (Fsp3) is 0.556. The third kappa shape index (κ3) is 5.02. The van der Waals surface area contributed by atoms with Gasteiger partial charge >= 0.3 is 12.1 Å². The second kappa shape index (κ2) is 7.42. The van der Waals surface area contributed by atoms with E-state index in [2.05, 4.69) is 0 Å². The van der Waals surface area contributed by atoms with Crippen molar-refractivity contribution in [3.05, 3.63) is 33.8 Å². The topological polar surface area (TPSA) is 66.8 Å². The van der Waals surface area contributed by atoms with Crippen LogP contribution >= 0.6 is 23.2 Å². The molecule has 0 saturated carbocycles. The van der Waals surface area contributed by atoms with E-state index in [1.807, 2.05) is 20.8 Å². The first kappa shape index (κ1) is 19.9. The molecule has 138 valence electrons. The molecular formula is C18H23Cl2NO4. The third-order valence-corrected chi connectivity index (χ3v) is 4.95. The molecule has 1 aromatic carbocycles. The number of ether oxygens (including phenoxy) is 1. The summed E-state index contributed by atoms with van der Waals surface area (Å²) in [5.74, 6) is -0.309. The summed E-state index contributed by atoms with van der Waals surface area (Å²) in [6, 6.07) is 5.19. The lowest BCUT2D eigenvalue weighted by molar-refractivity contribution is -0.170. The van der Waals surface area contributed by atoms with Crippen LogP contribution in [0.3, 0.4) is 0 Å². The quantitative estimate of drug-likeness (QED) is 0.767. The molecule has 0 bridgehead atoms. The second-order valence-corrected chi connectivity index (χ2v) is 8.31. The number of carbonyl (C=O) groups is 2. The standard InChI is InChI=1S/C18H23Cl2NO4/c1-17(2,3)25-15(22)18(6-8-21(9-7-18)16(23)24)11-12-4-5-13(19)10-14(12)20/h4-5,10H,6-9,11H2,1-3H3,(H,23,24). The van der Waals surface area contributed by atoms with Crippen LogP contribution in [0.2, 0.25) is 10.0 Å². The van der Waals surface area contributed by atoms with Gasteiger partial charge in [0.1, 0.15) is 5.60 Å². The molecule has 0 aromatic heterocycles. The average Bonchev–Trinajstić information content (AvgIpc) is 2.49. The average molecular weight is 388 g/mol. The normalized spacial score (nSPS) is 17.2. The molecule has 1 fully saturated rings. The van der Waals surface area contributed by atoms with Crippen LogP contribution in [0.25, 0.3) is 0 Å². The zero-order chi connectivity index (χ0) is 18.8. The number of halogens is 2. The summed E-state index contributed by atoms with van der Waals surface area (Å²) in [5, 5.41) is 10.2. The molecule has 1 aromatic rings. The Labute approximate surface area is 157 Å². The van der Waals surface area contributed by atoms with Crippen molar-refractivity contribution in [1.82, 2.24) is 4.90 Å². The number of rotatable bonds is 3. The number of nitrogens with zero attached hydrogens (tertiary/aromatic N) is 1. The van der Waals surface area contributed by atoms with Crippen LogP contribution in [0.15, 0.2) is 18.2 Å². The Morgan fingerprint density at radius 2 is 1.84 bits per heavy atom. The van der Waals surface area contributed by atoms with Crippen molar-refractivity contribution in [2.24, 2.45) is 5.41 Å². The van der Waals surface area contributed by atoms with Gasteiger partial charge in [0.15, 0.2) is 0 Å². The number of benzene rings is 1. The maximum absolute atomic E-state index is 12.9. The van der Waals surface area contributed by atoms with Gasteiger partial charge in [-0.2, -0.15) is 0 Å². The van der Waals surface area contributed by atoms with Gasteiger partial charge in [0, 0.05) is 23.1 Å². The van der Waals surface area contributed by atoms with Crippen LogP contribution < -0.4 is 0 Å². The van der Waals surface area contributed by atoms with Crippen molar-refractivity contribution in [1.29, 1.82) is 0 Å². The zero-order valence-electron chi connectivity index (χ0n) is 14.6. The Morgan fingerprint density at radius 3 is 2.32 bits per heavy atom.